The molecule has 1 saturated heterocycles. The van der Waals surface area contributed by atoms with Crippen LogP contribution >= 0.6 is 0 Å². The van der Waals surface area contributed by atoms with E-state index in [2.05, 4.69) is 31.4 Å². The molecule has 0 aromatic rings. The molecular formula is C16H30N2O. The van der Waals surface area contributed by atoms with Gasteiger partial charge in [-0.15, -0.1) is 0 Å². The smallest absolute Gasteiger partial charge is 0.223 e. The van der Waals surface area contributed by atoms with Gasteiger partial charge in [0.25, 0.3) is 0 Å². The van der Waals surface area contributed by atoms with Gasteiger partial charge in [-0.2, -0.15) is 0 Å². The molecule has 3 heteroatoms. The van der Waals surface area contributed by atoms with Gasteiger partial charge in [0.1, 0.15) is 0 Å². The van der Waals surface area contributed by atoms with Crippen molar-refractivity contribution in [3.63, 3.8) is 0 Å². The topological polar surface area (TPSA) is 41.1 Å². The van der Waals surface area contributed by atoms with Gasteiger partial charge in [-0.1, -0.05) is 20.8 Å². The summed E-state index contributed by atoms with van der Waals surface area (Å²) in [5.41, 5.74) is 0.398. The van der Waals surface area contributed by atoms with Crippen molar-refractivity contribution < 1.29 is 4.79 Å². The van der Waals surface area contributed by atoms with Crippen molar-refractivity contribution in [2.45, 2.75) is 65.3 Å². The van der Waals surface area contributed by atoms with Crippen LogP contribution in [0.4, 0.5) is 0 Å². The molecule has 2 rings (SSSR count). The Kier molecular flexibility index (Phi) is 4.88. The van der Waals surface area contributed by atoms with Gasteiger partial charge in [0.2, 0.25) is 5.91 Å². The van der Waals surface area contributed by atoms with Gasteiger partial charge >= 0.3 is 0 Å². The number of piperidine rings is 1. The summed E-state index contributed by atoms with van der Waals surface area (Å²) < 4.78 is 0. The average Bonchev–Trinajstić information content (AvgIpc) is 2.39. The first-order chi connectivity index (χ1) is 8.97. The van der Waals surface area contributed by atoms with Crippen molar-refractivity contribution in [2.75, 3.05) is 13.1 Å². The number of rotatable bonds is 2. The van der Waals surface area contributed by atoms with E-state index in [0.717, 1.165) is 38.3 Å². The molecule has 1 aliphatic carbocycles. The highest BCUT2D eigenvalue weighted by Gasteiger charge is 2.32. The molecule has 1 saturated carbocycles. The van der Waals surface area contributed by atoms with Crippen molar-refractivity contribution >= 4 is 5.91 Å². The third-order valence-corrected chi connectivity index (χ3v) is 4.97. The third-order valence-electron chi connectivity index (χ3n) is 4.97. The maximum atomic E-state index is 12.3. The van der Waals surface area contributed by atoms with Crippen molar-refractivity contribution in [3.8, 4) is 0 Å². The third kappa shape index (κ3) is 4.20. The Hall–Kier alpha value is -0.570. The maximum absolute atomic E-state index is 12.3. The summed E-state index contributed by atoms with van der Waals surface area (Å²) in [6.07, 6.45) is 6.90. The van der Waals surface area contributed by atoms with Crippen LogP contribution in [0.5, 0.6) is 0 Å². The molecule has 1 heterocycles. The molecule has 0 spiro atoms. The van der Waals surface area contributed by atoms with E-state index in [1.165, 1.54) is 19.3 Å². The summed E-state index contributed by atoms with van der Waals surface area (Å²) in [5, 5.41) is 6.60. The minimum Gasteiger partial charge on any atom is -0.352 e. The first-order valence-corrected chi connectivity index (χ1v) is 7.98. The van der Waals surface area contributed by atoms with E-state index >= 15 is 0 Å². The largest absolute Gasteiger partial charge is 0.352 e. The number of hydrogen-bond acceptors (Lipinski definition) is 2. The standard InChI is InChI=1S/C16H30N2O/c1-16(2,3)13-8-6-12(7-9-13)15(19)18-14-5-4-10-17-11-14/h12-14,17H,4-11H2,1-3H3,(H,18,19)/t12?,13?,14-/m1/s1. The fourth-order valence-corrected chi connectivity index (χ4v) is 3.52. The van der Waals surface area contributed by atoms with Crippen LogP contribution in [-0.2, 0) is 4.79 Å². The lowest BCUT2D eigenvalue weighted by atomic mass is 9.69. The second kappa shape index (κ2) is 6.25. The van der Waals surface area contributed by atoms with Crippen LogP contribution in [0.3, 0.4) is 0 Å². The van der Waals surface area contributed by atoms with Crippen LogP contribution in [0.1, 0.15) is 59.3 Å². The van der Waals surface area contributed by atoms with E-state index in [-0.39, 0.29) is 5.92 Å². The molecule has 0 radical (unpaired) electrons. The Morgan fingerprint density at radius 2 is 1.79 bits per heavy atom. The minimum absolute atomic E-state index is 0.264. The Morgan fingerprint density at radius 3 is 2.32 bits per heavy atom. The number of amides is 1. The summed E-state index contributed by atoms with van der Waals surface area (Å²) in [4.78, 5) is 12.3. The number of nitrogens with one attached hydrogen (secondary N) is 2. The fraction of sp³-hybridized carbons (Fsp3) is 0.938. The number of carbonyl (C=O) groups is 1. The highest BCUT2D eigenvalue weighted by Crippen LogP contribution is 2.39. The lowest BCUT2D eigenvalue weighted by Gasteiger charge is -2.37. The number of hydrogen-bond donors (Lipinski definition) is 2. The zero-order valence-corrected chi connectivity index (χ0v) is 12.8. The normalized spacial score (nSPS) is 32.9. The SMILES string of the molecule is CC(C)(C)C1CCC(C(=O)N[C@@H]2CCCNC2)CC1. The Morgan fingerprint density at radius 1 is 1.11 bits per heavy atom. The van der Waals surface area contributed by atoms with E-state index < -0.39 is 0 Å². The Balaban J connectivity index is 1.76. The van der Waals surface area contributed by atoms with E-state index in [9.17, 15) is 4.79 Å². The van der Waals surface area contributed by atoms with Gasteiger partial charge in [-0.3, -0.25) is 4.79 Å². The van der Waals surface area contributed by atoms with E-state index in [4.69, 9.17) is 0 Å². The summed E-state index contributed by atoms with van der Waals surface area (Å²) in [5.74, 6) is 1.36. The second-order valence-electron chi connectivity index (χ2n) is 7.47. The first kappa shape index (κ1) is 14.8. The van der Waals surface area contributed by atoms with Crippen molar-refractivity contribution in [3.05, 3.63) is 0 Å². The molecule has 2 fully saturated rings. The lowest BCUT2D eigenvalue weighted by Crippen LogP contribution is -2.48. The van der Waals surface area contributed by atoms with Crippen LogP contribution < -0.4 is 10.6 Å². The van der Waals surface area contributed by atoms with Gasteiger partial charge in [0.05, 0.1) is 0 Å². The van der Waals surface area contributed by atoms with Crippen LogP contribution in [0.25, 0.3) is 0 Å². The summed E-state index contributed by atoms with van der Waals surface area (Å²) in [7, 11) is 0. The Labute approximate surface area is 117 Å². The zero-order chi connectivity index (χ0) is 13.9. The molecule has 3 nitrogen and oxygen atoms in total. The molecule has 110 valence electrons. The summed E-state index contributed by atoms with van der Waals surface area (Å²) in [6, 6.07) is 0.363. The molecule has 1 amide bonds. The van der Waals surface area contributed by atoms with Crippen molar-refractivity contribution in [2.24, 2.45) is 17.3 Å². The molecular weight excluding hydrogens is 236 g/mol. The predicted molar refractivity (Wildman–Crippen MR) is 78.9 cm³/mol. The minimum atomic E-state index is 0.264. The van der Waals surface area contributed by atoms with Gasteiger partial charge in [0.15, 0.2) is 0 Å². The van der Waals surface area contributed by atoms with Crippen LogP contribution in [0.2, 0.25) is 0 Å². The molecule has 0 bridgehead atoms. The van der Waals surface area contributed by atoms with Crippen LogP contribution in [-0.4, -0.2) is 25.0 Å². The van der Waals surface area contributed by atoms with Gasteiger partial charge in [-0.25, -0.2) is 0 Å². The summed E-state index contributed by atoms with van der Waals surface area (Å²) >= 11 is 0. The van der Waals surface area contributed by atoms with Crippen LogP contribution in [0, 0.1) is 17.3 Å². The molecule has 2 N–H and O–H groups in total. The highest BCUT2D eigenvalue weighted by molar-refractivity contribution is 5.79. The zero-order valence-electron chi connectivity index (χ0n) is 12.8. The molecule has 2 aliphatic rings. The summed E-state index contributed by atoms with van der Waals surface area (Å²) in [6.45, 7) is 9.02. The maximum Gasteiger partial charge on any atom is 0.223 e. The quantitative estimate of drug-likeness (QED) is 0.807. The Bertz CT molecular complexity index is 294. The first-order valence-electron chi connectivity index (χ1n) is 7.98. The molecule has 0 aromatic heterocycles. The molecule has 1 atom stereocenters. The van der Waals surface area contributed by atoms with Crippen molar-refractivity contribution in [1.29, 1.82) is 0 Å². The van der Waals surface area contributed by atoms with Gasteiger partial charge in [0, 0.05) is 18.5 Å². The molecule has 1 aliphatic heterocycles. The highest BCUT2D eigenvalue weighted by atomic mass is 16.1. The van der Waals surface area contributed by atoms with E-state index in [1.54, 1.807) is 0 Å². The lowest BCUT2D eigenvalue weighted by molar-refractivity contribution is -0.127. The fourth-order valence-electron chi connectivity index (χ4n) is 3.52. The molecule has 0 unspecified atom stereocenters. The molecule has 19 heavy (non-hydrogen) atoms. The van der Waals surface area contributed by atoms with E-state index in [0.29, 0.717) is 17.4 Å². The van der Waals surface area contributed by atoms with Gasteiger partial charge in [-0.05, 0) is 56.4 Å². The average molecular weight is 266 g/mol. The second-order valence-corrected chi connectivity index (χ2v) is 7.47. The van der Waals surface area contributed by atoms with E-state index in [1.807, 2.05) is 0 Å². The molecule has 0 aromatic carbocycles. The predicted octanol–water partition coefficient (Wildman–Crippen LogP) is 2.71. The van der Waals surface area contributed by atoms with Crippen molar-refractivity contribution in [1.82, 2.24) is 10.6 Å². The monoisotopic (exact) mass is 266 g/mol. The van der Waals surface area contributed by atoms with Crippen LogP contribution in [0.15, 0.2) is 0 Å². The number of carbonyl (C=O) groups excluding carboxylic acids is 1. The van der Waals surface area contributed by atoms with Gasteiger partial charge < -0.3 is 10.6 Å².